The van der Waals surface area contributed by atoms with Crippen LogP contribution in [0.5, 0.6) is 0 Å². The lowest BCUT2D eigenvalue weighted by molar-refractivity contribution is -1.01. The van der Waals surface area contributed by atoms with Crippen molar-refractivity contribution < 1.29 is 19.0 Å². The number of piperazine rings is 1. The van der Waals surface area contributed by atoms with Gasteiger partial charge in [-0.2, -0.15) is 0 Å². The van der Waals surface area contributed by atoms with Gasteiger partial charge in [-0.05, 0) is 25.1 Å². The van der Waals surface area contributed by atoms with Gasteiger partial charge in [-0.15, -0.1) is 0 Å². The van der Waals surface area contributed by atoms with Gasteiger partial charge in [-0.1, -0.05) is 0 Å². The molecule has 0 radical (unpaired) electrons. The maximum Gasteiger partial charge on any atom is 0.219 e. The van der Waals surface area contributed by atoms with Crippen LogP contribution in [0.25, 0.3) is 10.9 Å². The summed E-state index contributed by atoms with van der Waals surface area (Å²) >= 11 is 0. The number of aromatic nitrogens is 1. The van der Waals surface area contributed by atoms with E-state index >= 15 is 0 Å². The number of hydrogen-bond donors (Lipinski definition) is 3. The highest BCUT2D eigenvalue weighted by Gasteiger charge is 2.25. The summed E-state index contributed by atoms with van der Waals surface area (Å²) in [6.07, 6.45) is 1.71. The molecule has 0 atom stereocenters. The molecule has 1 aliphatic heterocycles. The summed E-state index contributed by atoms with van der Waals surface area (Å²) in [5.41, 5.74) is 1.43. The van der Waals surface area contributed by atoms with Crippen LogP contribution < -0.4 is 9.80 Å². The van der Waals surface area contributed by atoms with Crippen molar-refractivity contribution in [2.24, 2.45) is 0 Å². The third-order valence-electron chi connectivity index (χ3n) is 4.52. The highest BCUT2D eigenvalue weighted by atomic mass is 19.1. The Hall–Kier alpha value is -1.72. The maximum atomic E-state index is 13.4. The number of likely N-dealkylation sites (N-methyl/N-ethyl adjacent to an activating group) is 1. The average molecular weight is 291 g/mol. The Morgan fingerprint density at radius 3 is 2.67 bits per heavy atom. The van der Waals surface area contributed by atoms with Crippen molar-refractivity contribution in [2.75, 3.05) is 39.3 Å². The number of H-pyrrole nitrogens is 1. The lowest BCUT2D eigenvalue weighted by Crippen LogP contribution is -3.28. The first-order valence-corrected chi connectivity index (χ1v) is 7.64. The molecule has 1 aromatic heterocycles. The van der Waals surface area contributed by atoms with Gasteiger partial charge in [-0.25, -0.2) is 4.39 Å². The molecule has 0 amide bonds. The third-order valence-corrected chi connectivity index (χ3v) is 4.52. The predicted molar refractivity (Wildman–Crippen MR) is 79.4 cm³/mol. The fourth-order valence-electron chi connectivity index (χ4n) is 3.13. The van der Waals surface area contributed by atoms with Gasteiger partial charge < -0.3 is 14.8 Å². The molecule has 112 valence electrons. The molecule has 4 nitrogen and oxygen atoms in total. The fraction of sp³-hybridized carbons (Fsp3) is 0.438. The van der Waals surface area contributed by atoms with Crippen LogP contribution in [0.4, 0.5) is 4.39 Å². The molecule has 21 heavy (non-hydrogen) atoms. The summed E-state index contributed by atoms with van der Waals surface area (Å²) in [6, 6.07) is 4.52. The molecule has 0 unspecified atom stereocenters. The van der Waals surface area contributed by atoms with E-state index in [9.17, 15) is 9.18 Å². The van der Waals surface area contributed by atoms with Crippen molar-refractivity contribution in [3.05, 3.63) is 35.8 Å². The van der Waals surface area contributed by atoms with Crippen LogP contribution in [0.3, 0.4) is 0 Å². The largest absolute Gasteiger partial charge is 0.360 e. The van der Waals surface area contributed by atoms with Gasteiger partial charge in [0.1, 0.15) is 38.5 Å². The number of quaternary nitrogens is 2. The normalized spacial score (nSPS) is 22.6. The molecule has 0 spiro atoms. The fourth-order valence-corrected chi connectivity index (χ4v) is 3.13. The van der Waals surface area contributed by atoms with Crippen LogP contribution in [0.2, 0.25) is 0 Å². The lowest BCUT2D eigenvalue weighted by atomic mass is 10.1. The van der Waals surface area contributed by atoms with Crippen LogP contribution in [0.15, 0.2) is 24.4 Å². The molecule has 1 aromatic carbocycles. The zero-order chi connectivity index (χ0) is 14.8. The summed E-state index contributed by atoms with van der Waals surface area (Å²) in [5.74, 6) is -0.203. The first kappa shape index (κ1) is 14.2. The molecule has 1 saturated heterocycles. The molecular formula is C16H22FN3O+2. The van der Waals surface area contributed by atoms with E-state index in [1.54, 1.807) is 17.2 Å². The number of aromatic amines is 1. The molecule has 3 N–H and O–H groups in total. The summed E-state index contributed by atoms with van der Waals surface area (Å²) in [4.78, 5) is 18.5. The van der Waals surface area contributed by atoms with Gasteiger partial charge in [0.15, 0.2) is 0 Å². The second-order valence-electron chi connectivity index (χ2n) is 5.85. The van der Waals surface area contributed by atoms with Crippen LogP contribution in [0.1, 0.15) is 17.3 Å². The van der Waals surface area contributed by atoms with Crippen LogP contribution in [-0.4, -0.2) is 50.0 Å². The van der Waals surface area contributed by atoms with Gasteiger partial charge in [0, 0.05) is 22.7 Å². The number of fused-ring (bicyclic) bond motifs is 1. The zero-order valence-corrected chi connectivity index (χ0v) is 12.3. The summed E-state index contributed by atoms with van der Waals surface area (Å²) < 4.78 is 13.4. The van der Waals surface area contributed by atoms with E-state index in [1.165, 1.54) is 17.0 Å². The summed E-state index contributed by atoms with van der Waals surface area (Å²) in [7, 11) is 0. The Bertz CT molecular complexity index is 644. The number of ketones is 1. The number of hydrogen-bond acceptors (Lipinski definition) is 1. The Morgan fingerprint density at radius 2 is 1.95 bits per heavy atom. The monoisotopic (exact) mass is 291 g/mol. The lowest BCUT2D eigenvalue weighted by Gasteiger charge is -2.28. The number of carbonyl (C=O) groups excluding carboxylic acids is 1. The molecule has 0 bridgehead atoms. The Morgan fingerprint density at radius 1 is 1.24 bits per heavy atom. The van der Waals surface area contributed by atoms with Crippen LogP contribution in [-0.2, 0) is 0 Å². The van der Waals surface area contributed by atoms with Crippen molar-refractivity contribution in [3.63, 3.8) is 0 Å². The number of rotatable bonds is 4. The standard InChI is InChI=1S/C16H20FN3O/c1-2-19-5-7-20(8-6-19)11-16(21)14-10-18-15-4-3-12(17)9-13(14)15/h3-4,9-10,18H,2,5-8,11H2,1H3/p+2. The molecule has 0 saturated carbocycles. The topological polar surface area (TPSA) is 41.7 Å². The Balaban J connectivity index is 1.71. The minimum absolute atomic E-state index is 0.0989. The zero-order valence-electron chi connectivity index (χ0n) is 12.3. The number of Topliss-reactive ketones (excluding diaryl/α,β-unsaturated/α-hetero) is 1. The van der Waals surface area contributed by atoms with Gasteiger partial charge >= 0.3 is 0 Å². The quantitative estimate of drug-likeness (QED) is 0.640. The third kappa shape index (κ3) is 2.99. The minimum Gasteiger partial charge on any atom is -0.360 e. The Kier molecular flexibility index (Phi) is 4.03. The Labute approximate surface area is 123 Å². The van der Waals surface area contributed by atoms with E-state index < -0.39 is 0 Å². The van der Waals surface area contributed by atoms with E-state index in [4.69, 9.17) is 0 Å². The van der Waals surface area contributed by atoms with E-state index in [0.717, 1.165) is 38.2 Å². The second-order valence-corrected chi connectivity index (χ2v) is 5.85. The van der Waals surface area contributed by atoms with Crippen molar-refractivity contribution in [3.8, 4) is 0 Å². The van der Waals surface area contributed by atoms with E-state index in [1.807, 2.05) is 0 Å². The minimum atomic E-state index is -0.302. The molecule has 5 heteroatoms. The van der Waals surface area contributed by atoms with Crippen LogP contribution in [0, 0.1) is 5.82 Å². The van der Waals surface area contributed by atoms with Gasteiger partial charge in [0.2, 0.25) is 5.78 Å². The maximum absolute atomic E-state index is 13.4. The second kappa shape index (κ2) is 5.95. The molecular weight excluding hydrogens is 269 g/mol. The first-order chi connectivity index (χ1) is 10.2. The highest BCUT2D eigenvalue weighted by molar-refractivity contribution is 6.08. The van der Waals surface area contributed by atoms with Gasteiger partial charge in [0.25, 0.3) is 0 Å². The summed E-state index contributed by atoms with van der Waals surface area (Å²) in [5, 5.41) is 0.692. The van der Waals surface area contributed by atoms with Crippen molar-refractivity contribution in [1.29, 1.82) is 0 Å². The molecule has 1 fully saturated rings. The van der Waals surface area contributed by atoms with E-state index in [2.05, 4.69) is 11.9 Å². The highest BCUT2D eigenvalue weighted by Crippen LogP contribution is 2.19. The molecule has 2 heterocycles. The number of nitrogens with one attached hydrogen (secondary N) is 3. The number of carbonyl (C=O) groups is 1. The molecule has 3 rings (SSSR count). The average Bonchev–Trinajstić information content (AvgIpc) is 2.91. The van der Waals surface area contributed by atoms with Crippen molar-refractivity contribution in [2.45, 2.75) is 6.92 Å². The van der Waals surface area contributed by atoms with Gasteiger partial charge in [0.05, 0.1) is 6.54 Å². The SMILES string of the molecule is CC[NH+]1CC[NH+](CC(=O)c2c[nH]c3ccc(F)cc23)CC1. The molecule has 2 aromatic rings. The van der Waals surface area contributed by atoms with Gasteiger partial charge in [-0.3, -0.25) is 4.79 Å². The van der Waals surface area contributed by atoms with Crippen molar-refractivity contribution >= 4 is 16.7 Å². The molecule has 0 aliphatic carbocycles. The van der Waals surface area contributed by atoms with Crippen molar-refractivity contribution in [1.82, 2.24) is 4.98 Å². The molecule has 1 aliphatic rings. The first-order valence-electron chi connectivity index (χ1n) is 7.64. The number of benzene rings is 1. The van der Waals surface area contributed by atoms with Crippen LogP contribution >= 0.6 is 0 Å². The predicted octanol–water partition coefficient (Wildman–Crippen LogP) is -0.707. The van der Waals surface area contributed by atoms with E-state index in [-0.39, 0.29) is 11.6 Å². The number of halogens is 1. The summed E-state index contributed by atoms with van der Waals surface area (Å²) in [6.45, 7) is 8.18. The van der Waals surface area contributed by atoms with E-state index in [0.29, 0.717) is 17.5 Å². The smallest absolute Gasteiger partial charge is 0.219 e.